The number of aliphatic hydroxyl groups excluding tert-OH is 1. The molecule has 0 amide bonds. The van der Waals surface area contributed by atoms with Crippen LogP contribution in [0.2, 0.25) is 0 Å². The van der Waals surface area contributed by atoms with Crippen LogP contribution in [0, 0.1) is 0 Å². The maximum atomic E-state index is 10.3. The zero-order valence-electron chi connectivity index (χ0n) is 13.9. The summed E-state index contributed by atoms with van der Waals surface area (Å²) in [6.07, 6.45) is 3.37. The summed E-state index contributed by atoms with van der Waals surface area (Å²) >= 11 is 0. The van der Waals surface area contributed by atoms with Gasteiger partial charge in [0.05, 0.1) is 18.8 Å². The first-order valence-corrected chi connectivity index (χ1v) is 8.19. The van der Waals surface area contributed by atoms with Crippen LogP contribution in [0.25, 0.3) is 11.1 Å². The van der Waals surface area contributed by atoms with Crippen LogP contribution in [-0.4, -0.2) is 39.5 Å². The van der Waals surface area contributed by atoms with Crippen LogP contribution >= 0.6 is 0 Å². The lowest BCUT2D eigenvalue weighted by Crippen LogP contribution is -2.31. The highest BCUT2D eigenvalue weighted by atomic mass is 16.3. The molecule has 1 heterocycles. The average molecular weight is 321 g/mol. The first kappa shape index (κ1) is 16.4. The standard InChI is InChI=1S/C20H23N3O/c1-22(13-17-8-4-2-5-9-17)15-20(24)16-23-14-19(12-21-23)18-10-6-3-7-11-18/h2-12,14,20,24H,13,15-16H2,1H3. The van der Waals surface area contributed by atoms with Crippen LogP contribution in [-0.2, 0) is 13.1 Å². The Hall–Kier alpha value is -2.43. The molecule has 1 N–H and O–H groups in total. The number of hydrogen-bond donors (Lipinski definition) is 1. The fourth-order valence-electron chi connectivity index (χ4n) is 2.84. The zero-order valence-corrected chi connectivity index (χ0v) is 13.9. The third kappa shape index (κ3) is 4.54. The summed E-state index contributed by atoms with van der Waals surface area (Å²) in [7, 11) is 2.02. The van der Waals surface area contributed by atoms with Gasteiger partial charge in [-0.05, 0) is 18.2 Å². The van der Waals surface area contributed by atoms with Crippen LogP contribution in [0.1, 0.15) is 5.56 Å². The van der Waals surface area contributed by atoms with Gasteiger partial charge in [0.1, 0.15) is 0 Å². The van der Waals surface area contributed by atoms with Crippen LogP contribution in [0.3, 0.4) is 0 Å². The Balaban J connectivity index is 1.53. The van der Waals surface area contributed by atoms with Gasteiger partial charge in [0.2, 0.25) is 0 Å². The Labute approximate surface area is 143 Å². The van der Waals surface area contributed by atoms with Crippen molar-refractivity contribution >= 4 is 0 Å². The van der Waals surface area contributed by atoms with Crippen molar-refractivity contribution in [3.05, 3.63) is 78.6 Å². The van der Waals surface area contributed by atoms with Crippen molar-refractivity contribution in [1.29, 1.82) is 0 Å². The number of aromatic nitrogens is 2. The monoisotopic (exact) mass is 321 g/mol. The molecule has 24 heavy (non-hydrogen) atoms. The molecule has 0 aliphatic heterocycles. The molecule has 0 saturated heterocycles. The van der Waals surface area contributed by atoms with Crippen molar-refractivity contribution < 1.29 is 5.11 Å². The van der Waals surface area contributed by atoms with E-state index in [9.17, 15) is 5.11 Å². The second kappa shape index (κ2) is 7.90. The predicted octanol–water partition coefficient (Wildman–Crippen LogP) is 3.04. The number of rotatable bonds is 7. The van der Waals surface area contributed by atoms with Crippen molar-refractivity contribution in [2.75, 3.05) is 13.6 Å². The molecule has 3 aromatic rings. The number of likely N-dealkylation sites (N-methyl/N-ethyl adjacent to an activating group) is 1. The van der Waals surface area contributed by atoms with E-state index >= 15 is 0 Å². The number of hydrogen-bond acceptors (Lipinski definition) is 3. The first-order chi connectivity index (χ1) is 11.7. The van der Waals surface area contributed by atoms with Gasteiger partial charge in [0.25, 0.3) is 0 Å². The molecule has 1 atom stereocenters. The topological polar surface area (TPSA) is 41.3 Å². The number of nitrogens with zero attached hydrogens (tertiary/aromatic N) is 3. The van der Waals surface area contributed by atoms with Crippen molar-refractivity contribution in [1.82, 2.24) is 14.7 Å². The van der Waals surface area contributed by atoms with E-state index in [1.165, 1.54) is 5.56 Å². The van der Waals surface area contributed by atoms with Crippen molar-refractivity contribution in [3.63, 3.8) is 0 Å². The van der Waals surface area contributed by atoms with E-state index in [1.807, 2.05) is 60.5 Å². The second-order valence-corrected chi connectivity index (χ2v) is 6.15. The van der Waals surface area contributed by atoms with Gasteiger partial charge in [-0.1, -0.05) is 60.7 Å². The normalized spacial score (nSPS) is 12.5. The van der Waals surface area contributed by atoms with E-state index in [2.05, 4.69) is 34.3 Å². The van der Waals surface area contributed by atoms with Crippen LogP contribution in [0.15, 0.2) is 73.1 Å². The summed E-state index contributed by atoms with van der Waals surface area (Å²) in [6.45, 7) is 1.92. The largest absolute Gasteiger partial charge is 0.390 e. The molecule has 1 unspecified atom stereocenters. The molecule has 0 aliphatic carbocycles. The van der Waals surface area contributed by atoms with E-state index in [-0.39, 0.29) is 0 Å². The van der Waals surface area contributed by atoms with E-state index < -0.39 is 6.10 Å². The minimum atomic E-state index is -0.456. The summed E-state index contributed by atoms with van der Waals surface area (Å²) in [4.78, 5) is 2.13. The highest BCUT2D eigenvalue weighted by Gasteiger charge is 2.11. The summed E-state index contributed by atoms with van der Waals surface area (Å²) < 4.78 is 1.81. The van der Waals surface area contributed by atoms with Crippen molar-refractivity contribution in [2.24, 2.45) is 0 Å². The molecule has 3 rings (SSSR count). The molecule has 124 valence electrons. The molecule has 4 heteroatoms. The Bertz CT molecular complexity index is 740. The fraction of sp³-hybridized carbons (Fsp3) is 0.250. The summed E-state index contributed by atoms with van der Waals surface area (Å²) in [5.41, 5.74) is 3.46. The molecule has 0 saturated carbocycles. The number of aliphatic hydroxyl groups is 1. The van der Waals surface area contributed by atoms with Gasteiger partial charge >= 0.3 is 0 Å². The summed E-state index contributed by atoms with van der Waals surface area (Å²) in [6, 6.07) is 20.4. The van der Waals surface area contributed by atoms with Gasteiger partial charge in [-0.15, -0.1) is 0 Å². The Morgan fingerprint density at radius 2 is 1.67 bits per heavy atom. The Kier molecular flexibility index (Phi) is 5.41. The van der Waals surface area contributed by atoms with Gasteiger partial charge in [0.15, 0.2) is 0 Å². The molecule has 1 aromatic heterocycles. The maximum absolute atomic E-state index is 10.3. The maximum Gasteiger partial charge on any atom is 0.0862 e. The van der Waals surface area contributed by atoms with Crippen LogP contribution in [0.4, 0.5) is 0 Å². The number of benzene rings is 2. The van der Waals surface area contributed by atoms with Gasteiger partial charge in [-0.25, -0.2) is 0 Å². The Morgan fingerprint density at radius 3 is 2.38 bits per heavy atom. The molecule has 0 spiro atoms. The zero-order chi connectivity index (χ0) is 16.8. The minimum Gasteiger partial charge on any atom is -0.390 e. The third-order valence-corrected chi connectivity index (χ3v) is 3.96. The predicted molar refractivity (Wildman–Crippen MR) is 96.4 cm³/mol. The molecule has 4 nitrogen and oxygen atoms in total. The van der Waals surface area contributed by atoms with Gasteiger partial charge in [-0.2, -0.15) is 5.10 Å². The third-order valence-electron chi connectivity index (χ3n) is 3.96. The van der Waals surface area contributed by atoms with E-state index in [0.717, 1.165) is 17.7 Å². The quantitative estimate of drug-likeness (QED) is 0.727. The first-order valence-electron chi connectivity index (χ1n) is 8.19. The molecule has 2 aromatic carbocycles. The van der Waals surface area contributed by atoms with Crippen LogP contribution < -0.4 is 0 Å². The second-order valence-electron chi connectivity index (χ2n) is 6.15. The van der Waals surface area contributed by atoms with E-state index in [0.29, 0.717) is 13.1 Å². The van der Waals surface area contributed by atoms with E-state index in [4.69, 9.17) is 0 Å². The average Bonchev–Trinajstić information content (AvgIpc) is 3.04. The SMILES string of the molecule is CN(Cc1ccccc1)CC(O)Cn1cc(-c2ccccc2)cn1. The molecular weight excluding hydrogens is 298 g/mol. The molecule has 0 bridgehead atoms. The van der Waals surface area contributed by atoms with Crippen molar-refractivity contribution in [3.8, 4) is 11.1 Å². The summed E-state index contributed by atoms with van der Waals surface area (Å²) in [5, 5.41) is 14.7. The molecule has 0 aliphatic rings. The van der Waals surface area contributed by atoms with Crippen molar-refractivity contribution in [2.45, 2.75) is 19.2 Å². The molecular formula is C20H23N3O. The minimum absolute atomic E-state index is 0.456. The van der Waals surface area contributed by atoms with Crippen LogP contribution in [0.5, 0.6) is 0 Å². The Morgan fingerprint density at radius 1 is 1.00 bits per heavy atom. The van der Waals surface area contributed by atoms with Gasteiger partial charge in [-0.3, -0.25) is 9.58 Å². The lowest BCUT2D eigenvalue weighted by atomic mass is 10.1. The lowest BCUT2D eigenvalue weighted by Gasteiger charge is -2.20. The van der Waals surface area contributed by atoms with Gasteiger partial charge in [0, 0.05) is 24.8 Å². The molecule has 0 fully saturated rings. The highest BCUT2D eigenvalue weighted by Crippen LogP contribution is 2.17. The summed E-state index contributed by atoms with van der Waals surface area (Å²) in [5.74, 6) is 0. The fourth-order valence-corrected chi connectivity index (χ4v) is 2.84. The van der Waals surface area contributed by atoms with Gasteiger partial charge < -0.3 is 5.11 Å². The molecule has 0 radical (unpaired) electrons. The highest BCUT2D eigenvalue weighted by molar-refractivity contribution is 5.61. The smallest absolute Gasteiger partial charge is 0.0862 e. The van der Waals surface area contributed by atoms with E-state index in [1.54, 1.807) is 0 Å². The lowest BCUT2D eigenvalue weighted by molar-refractivity contribution is 0.104.